The molecule has 2 heterocycles. The number of amides is 1. The van der Waals surface area contributed by atoms with Gasteiger partial charge in [-0.25, -0.2) is 4.98 Å². The van der Waals surface area contributed by atoms with E-state index in [2.05, 4.69) is 31.3 Å². The van der Waals surface area contributed by atoms with Crippen molar-refractivity contribution in [1.82, 2.24) is 14.8 Å². The molecule has 102 valence electrons. The van der Waals surface area contributed by atoms with Gasteiger partial charge in [-0.3, -0.25) is 9.48 Å². The molecule has 0 saturated heterocycles. The highest BCUT2D eigenvalue weighted by Crippen LogP contribution is 2.21. The van der Waals surface area contributed by atoms with E-state index in [0.717, 1.165) is 15.9 Å². The first kappa shape index (κ1) is 14.2. The summed E-state index contributed by atoms with van der Waals surface area (Å²) in [6, 6.07) is 0. The molecule has 0 saturated carbocycles. The number of halogens is 1. The lowest BCUT2D eigenvalue weighted by Crippen LogP contribution is -2.25. The fourth-order valence-corrected chi connectivity index (χ4v) is 2.52. The first-order chi connectivity index (χ1) is 8.99. The molecule has 2 aromatic heterocycles. The molecular weight excluding hydrogens is 328 g/mol. The molecule has 1 atom stereocenters. The van der Waals surface area contributed by atoms with E-state index >= 15 is 0 Å². The van der Waals surface area contributed by atoms with Crippen molar-refractivity contribution in [2.45, 2.75) is 27.3 Å². The molecule has 19 heavy (non-hydrogen) atoms. The van der Waals surface area contributed by atoms with Gasteiger partial charge in [0.15, 0.2) is 5.13 Å². The van der Waals surface area contributed by atoms with E-state index in [1.54, 1.807) is 6.20 Å². The van der Waals surface area contributed by atoms with Crippen LogP contribution in [0.3, 0.4) is 0 Å². The van der Waals surface area contributed by atoms with Crippen molar-refractivity contribution in [3.63, 3.8) is 0 Å². The third-order valence-corrected chi connectivity index (χ3v) is 4.69. The molecule has 1 N–H and O–H groups in total. The van der Waals surface area contributed by atoms with E-state index in [1.165, 1.54) is 11.3 Å². The maximum atomic E-state index is 12.0. The molecule has 2 aromatic rings. The Kier molecular flexibility index (Phi) is 4.36. The van der Waals surface area contributed by atoms with Crippen molar-refractivity contribution >= 4 is 38.3 Å². The molecule has 0 spiro atoms. The first-order valence-electron chi connectivity index (χ1n) is 5.89. The Hall–Kier alpha value is -1.21. The highest BCUT2D eigenvalue weighted by molar-refractivity contribution is 9.10. The van der Waals surface area contributed by atoms with Crippen LogP contribution in [0, 0.1) is 19.8 Å². The van der Waals surface area contributed by atoms with E-state index < -0.39 is 0 Å². The largest absolute Gasteiger partial charge is 0.302 e. The number of thiazole rings is 1. The van der Waals surface area contributed by atoms with Crippen molar-refractivity contribution in [3.05, 3.63) is 27.4 Å². The van der Waals surface area contributed by atoms with Gasteiger partial charge in [-0.1, -0.05) is 6.92 Å². The Morgan fingerprint density at radius 1 is 1.58 bits per heavy atom. The monoisotopic (exact) mass is 342 g/mol. The molecular formula is C12H15BrN4OS. The van der Waals surface area contributed by atoms with Crippen molar-refractivity contribution in [2.24, 2.45) is 5.92 Å². The number of nitrogens with one attached hydrogen (secondary N) is 1. The van der Waals surface area contributed by atoms with Crippen molar-refractivity contribution in [2.75, 3.05) is 5.32 Å². The lowest BCUT2D eigenvalue weighted by Gasteiger charge is -2.12. The Bertz CT molecular complexity index is 579. The Labute approximate surface area is 124 Å². The van der Waals surface area contributed by atoms with E-state index in [0.29, 0.717) is 11.7 Å². The lowest BCUT2D eigenvalue weighted by molar-refractivity contribution is -0.119. The van der Waals surface area contributed by atoms with Crippen molar-refractivity contribution < 1.29 is 4.79 Å². The summed E-state index contributed by atoms with van der Waals surface area (Å²) in [7, 11) is 0. The summed E-state index contributed by atoms with van der Waals surface area (Å²) in [5.41, 5.74) is 1.97. The van der Waals surface area contributed by atoms with Crippen LogP contribution in [0.15, 0.2) is 16.0 Å². The molecule has 0 aliphatic heterocycles. The SMILES string of the molecule is Cc1nn(CC(C)C(=O)Nc2nccs2)c(C)c1Br. The predicted octanol–water partition coefficient (Wildman–Crippen LogP) is 2.99. The Morgan fingerprint density at radius 2 is 2.32 bits per heavy atom. The summed E-state index contributed by atoms with van der Waals surface area (Å²) in [4.78, 5) is 16.1. The zero-order chi connectivity index (χ0) is 14.0. The average Bonchev–Trinajstić information content (AvgIpc) is 2.95. The second kappa shape index (κ2) is 5.83. The molecule has 7 heteroatoms. The van der Waals surface area contributed by atoms with Gasteiger partial charge in [0.25, 0.3) is 0 Å². The molecule has 2 rings (SSSR count). The standard InChI is InChI=1S/C12H15BrN4OS/c1-7(11(18)15-12-14-4-5-19-12)6-17-9(3)10(13)8(2)16-17/h4-5,7H,6H2,1-3H3,(H,14,15,18). The van der Waals surface area contributed by atoms with Gasteiger partial charge in [-0.05, 0) is 29.8 Å². The second-order valence-electron chi connectivity index (χ2n) is 4.39. The molecule has 0 bridgehead atoms. The van der Waals surface area contributed by atoms with Gasteiger partial charge in [0, 0.05) is 17.3 Å². The van der Waals surface area contributed by atoms with Crippen LogP contribution in [0.4, 0.5) is 5.13 Å². The van der Waals surface area contributed by atoms with Crippen LogP contribution in [0.25, 0.3) is 0 Å². The van der Waals surface area contributed by atoms with Crippen LogP contribution in [-0.2, 0) is 11.3 Å². The molecule has 0 fully saturated rings. The summed E-state index contributed by atoms with van der Waals surface area (Å²) in [5.74, 6) is -0.215. The van der Waals surface area contributed by atoms with Crippen molar-refractivity contribution in [3.8, 4) is 0 Å². The number of hydrogen-bond acceptors (Lipinski definition) is 4. The average molecular weight is 343 g/mol. The number of hydrogen-bond donors (Lipinski definition) is 1. The van der Waals surface area contributed by atoms with Crippen LogP contribution >= 0.6 is 27.3 Å². The second-order valence-corrected chi connectivity index (χ2v) is 6.08. The highest BCUT2D eigenvalue weighted by Gasteiger charge is 2.17. The number of aryl methyl sites for hydroxylation is 1. The van der Waals surface area contributed by atoms with Crippen LogP contribution < -0.4 is 5.32 Å². The summed E-state index contributed by atoms with van der Waals surface area (Å²) in [5, 5.41) is 9.67. The van der Waals surface area contributed by atoms with E-state index in [4.69, 9.17) is 0 Å². The minimum absolute atomic E-state index is 0.0429. The number of rotatable bonds is 4. The molecule has 0 radical (unpaired) electrons. The molecule has 0 aliphatic rings. The van der Waals surface area contributed by atoms with Crippen LogP contribution in [0.5, 0.6) is 0 Å². The predicted molar refractivity (Wildman–Crippen MR) is 79.3 cm³/mol. The highest BCUT2D eigenvalue weighted by atomic mass is 79.9. The Morgan fingerprint density at radius 3 is 2.84 bits per heavy atom. The summed E-state index contributed by atoms with van der Waals surface area (Å²) in [6.07, 6.45) is 1.67. The Balaban J connectivity index is 2.02. The maximum absolute atomic E-state index is 12.0. The molecule has 1 unspecified atom stereocenters. The number of aromatic nitrogens is 3. The smallest absolute Gasteiger partial charge is 0.230 e. The first-order valence-corrected chi connectivity index (χ1v) is 7.56. The molecule has 5 nitrogen and oxygen atoms in total. The fraction of sp³-hybridized carbons (Fsp3) is 0.417. The quantitative estimate of drug-likeness (QED) is 0.928. The normalized spacial score (nSPS) is 12.4. The van der Waals surface area contributed by atoms with E-state index in [9.17, 15) is 4.79 Å². The number of nitrogens with zero attached hydrogens (tertiary/aromatic N) is 3. The minimum Gasteiger partial charge on any atom is -0.302 e. The zero-order valence-electron chi connectivity index (χ0n) is 11.0. The van der Waals surface area contributed by atoms with Crippen LogP contribution in [0.1, 0.15) is 18.3 Å². The van der Waals surface area contributed by atoms with Gasteiger partial charge in [0.1, 0.15) is 0 Å². The fourth-order valence-electron chi connectivity index (χ4n) is 1.71. The number of carbonyl (C=O) groups is 1. The van der Waals surface area contributed by atoms with Crippen LogP contribution in [-0.4, -0.2) is 20.7 Å². The van der Waals surface area contributed by atoms with Gasteiger partial charge >= 0.3 is 0 Å². The summed E-state index contributed by atoms with van der Waals surface area (Å²) < 4.78 is 2.85. The number of carbonyl (C=O) groups excluding carboxylic acids is 1. The van der Waals surface area contributed by atoms with E-state index in [1.807, 2.05) is 30.8 Å². The lowest BCUT2D eigenvalue weighted by atomic mass is 10.1. The summed E-state index contributed by atoms with van der Waals surface area (Å²) >= 11 is 4.89. The molecule has 0 aliphatic carbocycles. The molecule has 0 aromatic carbocycles. The third kappa shape index (κ3) is 3.22. The van der Waals surface area contributed by atoms with Gasteiger partial charge < -0.3 is 5.32 Å². The zero-order valence-corrected chi connectivity index (χ0v) is 13.4. The van der Waals surface area contributed by atoms with Gasteiger partial charge in [-0.2, -0.15) is 5.10 Å². The maximum Gasteiger partial charge on any atom is 0.230 e. The molecule has 1 amide bonds. The van der Waals surface area contributed by atoms with E-state index in [-0.39, 0.29) is 11.8 Å². The van der Waals surface area contributed by atoms with Crippen LogP contribution in [0.2, 0.25) is 0 Å². The van der Waals surface area contributed by atoms with Gasteiger partial charge in [0.05, 0.1) is 22.6 Å². The third-order valence-electron chi connectivity index (χ3n) is 2.85. The topological polar surface area (TPSA) is 59.8 Å². The van der Waals surface area contributed by atoms with Crippen molar-refractivity contribution in [1.29, 1.82) is 0 Å². The van der Waals surface area contributed by atoms with Gasteiger partial charge in [0.2, 0.25) is 5.91 Å². The van der Waals surface area contributed by atoms with Gasteiger partial charge in [-0.15, -0.1) is 11.3 Å². The minimum atomic E-state index is -0.172. The number of anilines is 1. The summed E-state index contributed by atoms with van der Waals surface area (Å²) in [6.45, 7) is 6.35.